The number of methoxy groups -OCH3 is 1. The van der Waals surface area contributed by atoms with Gasteiger partial charge < -0.3 is 19.5 Å². The van der Waals surface area contributed by atoms with E-state index in [0.29, 0.717) is 29.4 Å². The highest BCUT2D eigenvalue weighted by atomic mass is 35.5. The zero-order valence-corrected chi connectivity index (χ0v) is 19.6. The number of amides is 2. The number of anilines is 1. The van der Waals surface area contributed by atoms with Gasteiger partial charge in [0.15, 0.2) is 5.82 Å². The van der Waals surface area contributed by atoms with Gasteiger partial charge >= 0.3 is 12.0 Å². The van der Waals surface area contributed by atoms with Crippen molar-refractivity contribution >= 4 is 29.3 Å². The van der Waals surface area contributed by atoms with Gasteiger partial charge in [0.05, 0.1) is 25.3 Å². The molecule has 2 heterocycles. The van der Waals surface area contributed by atoms with Crippen molar-refractivity contribution in [2.24, 2.45) is 0 Å². The van der Waals surface area contributed by atoms with Crippen molar-refractivity contribution in [2.45, 2.75) is 39.3 Å². The summed E-state index contributed by atoms with van der Waals surface area (Å²) in [6.07, 6.45) is 1.67. The largest absolute Gasteiger partial charge is 0.465 e. The fourth-order valence-corrected chi connectivity index (χ4v) is 4.20. The number of hydrogen-bond donors (Lipinski definition) is 1. The number of likely N-dealkylation sites (tertiary alicyclic amines) is 1. The predicted octanol–water partition coefficient (Wildman–Crippen LogP) is 4.75. The standard InChI is InChI=1S/C24H26ClN5O3/c1-15-6-9-18(23(31)33-3)13-20(15)26-24(32)29-12-4-5-21(29)22-28-27-16(2)30(22)14-17-7-10-19(25)11-8-17/h6-11,13,21H,4-5,12,14H2,1-3H3,(H,26,32)/t21-/m1/s1. The molecule has 1 fully saturated rings. The van der Waals surface area contributed by atoms with Crippen LogP contribution in [0.25, 0.3) is 0 Å². The number of nitrogens with zero attached hydrogens (tertiary/aromatic N) is 4. The molecule has 0 spiro atoms. The Morgan fingerprint density at radius 2 is 1.91 bits per heavy atom. The van der Waals surface area contributed by atoms with Crippen LogP contribution in [-0.2, 0) is 11.3 Å². The molecule has 3 aromatic rings. The first-order valence-corrected chi connectivity index (χ1v) is 11.2. The minimum atomic E-state index is -0.449. The molecule has 8 nitrogen and oxygen atoms in total. The first kappa shape index (κ1) is 22.8. The van der Waals surface area contributed by atoms with Crippen LogP contribution in [0.15, 0.2) is 42.5 Å². The second-order valence-electron chi connectivity index (χ2n) is 8.12. The lowest BCUT2D eigenvalue weighted by Crippen LogP contribution is -2.36. The maximum atomic E-state index is 13.2. The topological polar surface area (TPSA) is 89.3 Å². The summed E-state index contributed by atoms with van der Waals surface area (Å²) in [4.78, 5) is 26.9. The molecule has 1 aliphatic rings. The molecule has 1 aliphatic heterocycles. The molecule has 1 atom stereocenters. The summed E-state index contributed by atoms with van der Waals surface area (Å²) in [7, 11) is 1.33. The number of aryl methyl sites for hydroxylation is 2. The number of rotatable bonds is 5. The first-order valence-electron chi connectivity index (χ1n) is 10.8. The van der Waals surface area contributed by atoms with E-state index in [9.17, 15) is 9.59 Å². The Labute approximate surface area is 197 Å². The van der Waals surface area contributed by atoms with E-state index < -0.39 is 5.97 Å². The van der Waals surface area contributed by atoms with Crippen LogP contribution in [0.5, 0.6) is 0 Å². The van der Waals surface area contributed by atoms with Gasteiger partial charge in [-0.25, -0.2) is 9.59 Å². The van der Waals surface area contributed by atoms with Crippen LogP contribution in [0, 0.1) is 13.8 Å². The van der Waals surface area contributed by atoms with Crippen LogP contribution in [0.1, 0.15) is 52.0 Å². The molecule has 1 saturated heterocycles. The molecule has 2 amide bonds. The first-order chi connectivity index (χ1) is 15.9. The third kappa shape index (κ3) is 4.85. The Kier molecular flexibility index (Phi) is 6.65. The van der Waals surface area contributed by atoms with Crippen molar-refractivity contribution in [3.05, 3.63) is 75.8 Å². The summed E-state index contributed by atoms with van der Waals surface area (Å²) in [6.45, 7) is 4.99. The maximum Gasteiger partial charge on any atom is 0.337 e. The van der Waals surface area contributed by atoms with Crippen molar-refractivity contribution in [3.63, 3.8) is 0 Å². The maximum absolute atomic E-state index is 13.2. The molecule has 33 heavy (non-hydrogen) atoms. The number of ether oxygens (including phenoxy) is 1. The minimum Gasteiger partial charge on any atom is -0.465 e. The molecule has 1 aromatic heterocycles. The number of halogens is 1. The quantitative estimate of drug-likeness (QED) is 0.547. The number of carbonyl (C=O) groups excluding carboxylic acids is 2. The lowest BCUT2D eigenvalue weighted by atomic mass is 10.1. The molecule has 0 saturated carbocycles. The molecule has 0 unspecified atom stereocenters. The van der Waals surface area contributed by atoms with E-state index in [4.69, 9.17) is 16.3 Å². The molecular formula is C24H26ClN5O3. The van der Waals surface area contributed by atoms with Gasteiger partial charge in [-0.05, 0) is 62.1 Å². The van der Waals surface area contributed by atoms with Crippen molar-refractivity contribution in [1.82, 2.24) is 19.7 Å². The third-order valence-electron chi connectivity index (χ3n) is 5.93. The van der Waals surface area contributed by atoms with Crippen molar-refractivity contribution in [2.75, 3.05) is 19.0 Å². The van der Waals surface area contributed by atoms with Gasteiger partial charge in [-0.15, -0.1) is 10.2 Å². The van der Waals surface area contributed by atoms with E-state index in [1.165, 1.54) is 7.11 Å². The average Bonchev–Trinajstić information content (AvgIpc) is 3.43. The summed E-state index contributed by atoms with van der Waals surface area (Å²) in [5, 5.41) is 12.4. The molecule has 2 aromatic carbocycles. The van der Waals surface area contributed by atoms with Gasteiger partial charge in [-0.3, -0.25) is 0 Å². The van der Waals surface area contributed by atoms with E-state index >= 15 is 0 Å². The predicted molar refractivity (Wildman–Crippen MR) is 126 cm³/mol. The van der Waals surface area contributed by atoms with Crippen LogP contribution in [0.2, 0.25) is 5.02 Å². The molecule has 0 radical (unpaired) electrons. The summed E-state index contributed by atoms with van der Waals surface area (Å²) in [5.41, 5.74) is 2.89. The molecule has 0 aliphatic carbocycles. The lowest BCUT2D eigenvalue weighted by molar-refractivity contribution is 0.0600. The van der Waals surface area contributed by atoms with Gasteiger partial charge in [-0.1, -0.05) is 29.8 Å². The molecular weight excluding hydrogens is 442 g/mol. The Hall–Kier alpha value is -3.39. The Morgan fingerprint density at radius 1 is 1.15 bits per heavy atom. The van der Waals surface area contributed by atoms with Crippen LogP contribution in [0.3, 0.4) is 0 Å². The average molecular weight is 468 g/mol. The SMILES string of the molecule is COC(=O)c1ccc(C)c(NC(=O)N2CCC[C@@H]2c2nnc(C)n2Cc2ccc(Cl)cc2)c1. The number of aromatic nitrogens is 3. The van der Waals surface area contributed by atoms with Gasteiger partial charge in [0.25, 0.3) is 0 Å². The van der Waals surface area contributed by atoms with Crippen LogP contribution in [-0.4, -0.2) is 45.3 Å². The number of benzene rings is 2. The zero-order chi connectivity index (χ0) is 23.5. The normalized spacial score (nSPS) is 15.5. The molecule has 1 N–H and O–H groups in total. The van der Waals surface area contributed by atoms with E-state index in [0.717, 1.165) is 35.6 Å². The van der Waals surface area contributed by atoms with Crippen molar-refractivity contribution in [1.29, 1.82) is 0 Å². The van der Waals surface area contributed by atoms with E-state index in [2.05, 4.69) is 15.5 Å². The summed E-state index contributed by atoms with van der Waals surface area (Å²) in [6, 6.07) is 12.3. The van der Waals surface area contributed by atoms with E-state index in [1.54, 1.807) is 23.1 Å². The monoisotopic (exact) mass is 467 g/mol. The fraction of sp³-hybridized carbons (Fsp3) is 0.333. The van der Waals surface area contributed by atoms with Crippen LogP contribution in [0.4, 0.5) is 10.5 Å². The van der Waals surface area contributed by atoms with Gasteiger partial charge in [0.1, 0.15) is 5.82 Å². The van der Waals surface area contributed by atoms with Crippen LogP contribution < -0.4 is 5.32 Å². The molecule has 9 heteroatoms. The third-order valence-corrected chi connectivity index (χ3v) is 6.18. The van der Waals surface area contributed by atoms with Gasteiger partial charge in [0, 0.05) is 17.3 Å². The zero-order valence-electron chi connectivity index (χ0n) is 18.8. The second kappa shape index (κ2) is 9.62. The summed E-state index contributed by atoms with van der Waals surface area (Å²) >= 11 is 6.02. The van der Waals surface area contributed by atoms with Gasteiger partial charge in [0.2, 0.25) is 0 Å². The van der Waals surface area contributed by atoms with Crippen molar-refractivity contribution in [3.8, 4) is 0 Å². The molecule has 4 rings (SSSR count). The number of nitrogens with one attached hydrogen (secondary N) is 1. The lowest BCUT2D eigenvalue weighted by Gasteiger charge is -2.25. The highest BCUT2D eigenvalue weighted by Gasteiger charge is 2.34. The fourth-order valence-electron chi connectivity index (χ4n) is 4.08. The van der Waals surface area contributed by atoms with Crippen LogP contribution >= 0.6 is 11.6 Å². The highest BCUT2D eigenvalue weighted by Crippen LogP contribution is 2.32. The Balaban J connectivity index is 1.56. The second-order valence-corrected chi connectivity index (χ2v) is 8.56. The number of urea groups is 1. The minimum absolute atomic E-state index is 0.192. The molecule has 0 bridgehead atoms. The summed E-state index contributed by atoms with van der Waals surface area (Å²) in [5.74, 6) is 1.10. The summed E-state index contributed by atoms with van der Waals surface area (Å²) < 4.78 is 6.84. The Bertz CT molecular complexity index is 1180. The number of esters is 1. The smallest absolute Gasteiger partial charge is 0.337 e. The number of hydrogen-bond acceptors (Lipinski definition) is 5. The van der Waals surface area contributed by atoms with Crippen molar-refractivity contribution < 1.29 is 14.3 Å². The van der Waals surface area contributed by atoms with E-state index in [1.807, 2.05) is 42.7 Å². The van der Waals surface area contributed by atoms with E-state index in [-0.39, 0.29) is 12.1 Å². The Morgan fingerprint density at radius 3 is 2.64 bits per heavy atom. The highest BCUT2D eigenvalue weighted by molar-refractivity contribution is 6.30. The molecule has 172 valence electrons. The number of carbonyl (C=O) groups is 2. The van der Waals surface area contributed by atoms with Gasteiger partial charge in [-0.2, -0.15) is 0 Å².